The molecule has 2 rings (SSSR count). The summed E-state index contributed by atoms with van der Waals surface area (Å²) in [6.07, 6.45) is -2.81. The maximum atomic E-state index is 12.8. The number of rotatable bonds is 4. The van der Waals surface area contributed by atoms with Crippen LogP contribution in [0.5, 0.6) is 0 Å². The third-order valence-electron chi connectivity index (χ3n) is 2.32. The van der Waals surface area contributed by atoms with E-state index in [4.69, 9.17) is 5.73 Å². The van der Waals surface area contributed by atoms with Gasteiger partial charge in [-0.05, 0) is 25.1 Å². The molecule has 1 atom stereocenters. The molecule has 1 unspecified atom stereocenters. The van der Waals surface area contributed by atoms with E-state index in [0.29, 0.717) is 17.4 Å². The summed E-state index contributed by atoms with van der Waals surface area (Å²) in [6, 6.07) is 5.15. The molecular weight excluding hydrogens is 265 g/mol. The minimum Gasteiger partial charge on any atom is -0.330 e. The highest BCUT2D eigenvalue weighted by atomic mass is 32.2. The van der Waals surface area contributed by atoms with Crippen molar-refractivity contribution in [3.8, 4) is 0 Å². The van der Waals surface area contributed by atoms with Crippen LogP contribution < -0.4 is 5.73 Å². The molecule has 0 aromatic carbocycles. The van der Waals surface area contributed by atoms with Crippen molar-refractivity contribution in [2.45, 2.75) is 23.0 Å². The van der Waals surface area contributed by atoms with Gasteiger partial charge in [0.1, 0.15) is 5.25 Å². The molecule has 18 heavy (non-hydrogen) atoms. The zero-order valence-electron chi connectivity index (χ0n) is 9.26. The smallest absolute Gasteiger partial charge is 0.330 e. The van der Waals surface area contributed by atoms with Crippen LogP contribution in [-0.4, -0.2) is 32.6 Å². The van der Waals surface area contributed by atoms with Crippen LogP contribution in [0.1, 0.15) is 6.42 Å². The maximum absolute atomic E-state index is 12.8. The van der Waals surface area contributed by atoms with E-state index in [1.807, 2.05) is 0 Å². The molecule has 2 aromatic heterocycles. The van der Waals surface area contributed by atoms with Gasteiger partial charge in [0.05, 0.1) is 0 Å². The summed E-state index contributed by atoms with van der Waals surface area (Å²) in [6.45, 7) is -0.0199. The number of hydrogen-bond donors (Lipinski definition) is 1. The molecule has 0 fully saturated rings. The van der Waals surface area contributed by atoms with Crippen molar-refractivity contribution in [1.29, 1.82) is 0 Å². The summed E-state index contributed by atoms with van der Waals surface area (Å²) in [4.78, 5) is 0. The lowest BCUT2D eigenvalue weighted by Crippen LogP contribution is -2.28. The first kappa shape index (κ1) is 13.2. The number of hydrogen-bond acceptors (Lipinski definition) is 4. The van der Waals surface area contributed by atoms with Gasteiger partial charge in [-0.1, -0.05) is 17.8 Å². The highest BCUT2D eigenvalue weighted by Gasteiger charge is 2.40. The fraction of sp³-hybridized carbons (Fsp3) is 0.400. The largest absolute Gasteiger partial charge is 0.401 e. The molecule has 98 valence electrons. The van der Waals surface area contributed by atoms with E-state index < -0.39 is 11.4 Å². The molecule has 0 aliphatic rings. The van der Waals surface area contributed by atoms with Gasteiger partial charge < -0.3 is 5.73 Å². The Hall–Kier alpha value is -1.28. The zero-order valence-corrected chi connectivity index (χ0v) is 10.1. The number of halogens is 3. The Morgan fingerprint density at radius 3 is 2.78 bits per heavy atom. The molecule has 0 spiro atoms. The predicted molar refractivity (Wildman–Crippen MR) is 62.4 cm³/mol. The third-order valence-corrected chi connectivity index (χ3v) is 3.60. The Labute approximate surface area is 105 Å². The standard InChI is InChI=1S/C10H11F3N4S/c11-10(12,13)7(4-5-14)18-9-16-15-8-3-1-2-6-17(8)9/h1-3,6-7H,4-5,14H2. The van der Waals surface area contributed by atoms with Crippen LogP contribution in [0.3, 0.4) is 0 Å². The van der Waals surface area contributed by atoms with Gasteiger partial charge in [0.25, 0.3) is 0 Å². The Morgan fingerprint density at radius 2 is 2.11 bits per heavy atom. The fourth-order valence-electron chi connectivity index (χ4n) is 1.47. The summed E-state index contributed by atoms with van der Waals surface area (Å²) >= 11 is 0.641. The molecule has 0 bridgehead atoms. The van der Waals surface area contributed by atoms with Crippen molar-refractivity contribution in [2.24, 2.45) is 5.73 Å². The molecule has 2 heterocycles. The number of nitrogens with two attached hydrogens (primary N) is 1. The lowest BCUT2D eigenvalue weighted by Gasteiger charge is -2.17. The normalized spacial score (nSPS) is 14.0. The monoisotopic (exact) mass is 276 g/mol. The van der Waals surface area contributed by atoms with Crippen molar-refractivity contribution in [3.63, 3.8) is 0 Å². The van der Waals surface area contributed by atoms with Gasteiger partial charge in [0, 0.05) is 6.20 Å². The number of alkyl halides is 3. The van der Waals surface area contributed by atoms with Crippen LogP contribution in [0.25, 0.3) is 5.65 Å². The molecule has 2 aromatic rings. The van der Waals surface area contributed by atoms with Gasteiger partial charge in [-0.2, -0.15) is 13.2 Å². The summed E-state index contributed by atoms with van der Waals surface area (Å²) in [5.41, 5.74) is 5.73. The highest BCUT2D eigenvalue weighted by Crippen LogP contribution is 2.36. The summed E-state index contributed by atoms with van der Waals surface area (Å²) in [5, 5.41) is 6.24. The summed E-state index contributed by atoms with van der Waals surface area (Å²) < 4.78 is 39.8. The first-order valence-corrected chi connectivity index (χ1v) is 6.13. The highest BCUT2D eigenvalue weighted by molar-refractivity contribution is 7.99. The molecule has 0 saturated carbocycles. The number of aromatic nitrogens is 3. The number of thioether (sulfide) groups is 1. The van der Waals surface area contributed by atoms with E-state index >= 15 is 0 Å². The Balaban J connectivity index is 2.26. The van der Waals surface area contributed by atoms with Crippen LogP contribution in [0.15, 0.2) is 29.6 Å². The van der Waals surface area contributed by atoms with Gasteiger partial charge in [-0.15, -0.1) is 10.2 Å². The minimum absolute atomic E-state index is 0.0199. The van der Waals surface area contributed by atoms with Crippen LogP contribution in [0.4, 0.5) is 13.2 Å². The van der Waals surface area contributed by atoms with Gasteiger partial charge in [-0.3, -0.25) is 4.40 Å². The quantitative estimate of drug-likeness (QED) is 0.869. The van der Waals surface area contributed by atoms with Crippen LogP contribution in [0, 0.1) is 0 Å². The van der Waals surface area contributed by atoms with E-state index in [2.05, 4.69) is 10.2 Å². The minimum atomic E-state index is -4.30. The van der Waals surface area contributed by atoms with Crippen LogP contribution in [-0.2, 0) is 0 Å². The predicted octanol–water partition coefficient (Wildman–Crippen LogP) is 2.10. The molecule has 0 aliphatic heterocycles. The SMILES string of the molecule is NCCC(Sc1nnc2ccccn12)C(F)(F)F. The lowest BCUT2D eigenvalue weighted by atomic mass is 10.3. The molecule has 8 heteroatoms. The Kier molecular flexibility index (Phi) is 3.76. The van der Waals surface area contributed by atoms with Gasteiger partial charge >= 0.3 is 6.18 Å². The molecule has 0 radical (unpaired) electrons. The van der Waals surface area contributed by atoms with Crippen molar-refractivity contribution < 1.29 is 13.2 Å². The number of fused-ring (bicyclic) bond motifs is 1. The topological polar surface area (TPSA) is 56.2 Å². The average Bonchev–Trinajstić information content (AvgIpc) is 2.71. The van der Waals surface area contributed by atoms with Gasteiger partial charge in [0.15, 0.2) is 10.8 Å². The Morgan fingerprint density at radius 1 is 1.33 bits per heavy atom. The molecule has 4 nitrogen and oxygen atoms in total. The maximum Gasteiger partial charge on any atom is 0.401 e. The Bertz CT molecular complexity index is 525. The van der Waals surface area contributed by atoms with Crippen molar-refractivity contribution in [2.75, 3.05) is 6.54 Å². The van der Waals surface area contributed by atoms with Crippen LogP contribution in [0.2, 0.25) is 0 Å². The van der Waals surface area contributed by atoms with Crippen molar-refractivity contribution >= 4 is 17.4 Å². The number of pyridine rings is 1. The zero-order chi connectivity index (χ0) is 13.2. The van der Waals surface area contributed by atoms with Crippen LogP contribution >= 0.6 is 11.8 Å². The summed E-state index contributed by atoms with van der Waals surface area (Å²) in [5.74, 6) is 0. The fourth-order valence-corrected chi connectivity index (χ4v) is 2.47. The summed E-state index contributed by atoms with van der Waals surface area (Å²) in [7, 11) is 0. The van der Waals surface area contributed by atoms with E-state index in [0.717, 1.165) is 0 Å². The number of nitrogens with zero attached hydrogens (tertiary/aromatic N) is 3. The average molecular weight is 276 g/mol. The van der Waals surface area contributed by atoms with E-state index in [-0.39, 0.29) is 18.1 Å². The first-order valence-electron chi connectivity index (χ1n) is 5.25. The van der Waals surface area contributed by atoms with E-state index in [1.54, 1.807) is 24.4 Å². The second-order valence-electron chi connectivity index (χ2n) is 3.64. The second kappa shape index (κ2) is 5.15. The third kappa shape index (κ3) is 2.75. The molecule has 2 N–H and O–H groups in total. The van der Waals surface area contributed by atoms with E-state index in [9.17, 15) is 13.2 Å². The molecular formula is C10H11F3N4S. The van der Waals surface area contributed by atoms with Crippen molar-refractivity contribution in [1.82, 2.24) is 14.6 Å². The molecule has 0 aliphatic carbocycles. The molecule has 0 amide bonds. The van der Waals surface area contributed by atoms with Gasteiger partial charge in [-0.25, -0.2) is 0 Å². The second-order valence-corrected chi connectivity index (χ2v) is 4.81. The van der Waals surface area contributed by atoms with Gasteiger partial charge in [0.2, 0.25) is 0 Å². The molecule has 0 saturated heterocycles. The first-order chi connectivity index (χ1) is 8.52. The lowest BCUT2D eigenvalue weighted by molar-refractivity contribution is -0.129. The van der Waals surface area contributed by atoms with Crippen molar-refractivity contribution in [3.05, 3.63) is 24.4 Å². The van der Waals surface area contributed by atoms with E-state index in [1.165, 1.54) is 4.40 Å².